The van der Waals surface area contributed by atoms with Crippen LogP contribution in [-0.4, -0.2) is 37.4 Å². The normalized spacial score (nSPS) is 11.8. The van der Waals surface area contributed by atoms with Crippen LogP contribution in [-0.2, 0) is 11.3 Å². The van der Waals surface area contributed by atoms with E-state index in [1.807, 2.05) is 34.9 Å². The Kier molecular flexibility index (Phi) is 5.65. The highest BCUT2D eigenvalue weighted by molar-refractivity contribution is 6.06. The standard InChI is InChI=1S/C23H26N6O3/c1-5-31-22(30)15-13-25-16(14-9-7-6-8-10-14)17-19(15)29(12-11-23(2,3)4)21(26-17)18-20(24)28-32-27-18/h6-10,13H,5,11-12H2,1-4H3,(H2,24,28). The Bertz CT molecular complexity index is 1250. The predicted octanol–water partition coefficient (Wildman–Crippen LogP) is 4.34. The van der Waals surface area contributed by atoms with Crippen molar-refractivity contribution in [3.63, 3.8) is 0 Å². The molecule has 0 aliphatic carbocycles. The molecule has 166 valence electrons. The summed E-state index contributed by atoms with van der Waals surface area (Å²) in [5.41, 5.74) is 9.43. The van der Waals surface area contributed by atoms with E-state index in [4.69, 9.17) is 20.1 Å². The van der Waals surface area contributed by atoms with Crippen LogP contribution in [0.3, 0.4) is 0 Å². The second-order valence-corrected chi connectivity index (χ2v) is 8.70. The Balaban J connectivity index is 2.05. The molecule has 2 N–H and O–H groups in total. The van der Waals surface area contributed by atoms with Gasteiger partial charge in [0.2, 0.25) is 0 Å². The predicted molar refractivity (Wildman–Crippen MR) is 121 cm³/mol. The molecule has 4 aromatic rings. The number of imidazole rings is 1. The van der Waals surface area contributed by atoms with Crippen molar-refractivity contribution in [3.05, 3.63) is 42.1 Å². The average molecular weight is 435 g/mol. The topological polar surface area (TPSA) is 122 Å². The quantitative estimate of drug-likeness (QED) is 0.445. The van der Waals surface area contributed by atoms with Crippen molar-refractivity contribution in [1.82, 2.24) is 24.8 Å². The number of aromatic nitrogens is 5. The minimum Gasteiger partial charge on any atom is -0.462 e. The highest BCUT2D eigenvalue weighted by Gasteiger charge is 2.27. The number of nitrogens with zero attached hydrogens (tertiary/aromatic N) is 5. The Morgan fingerprint density at radius 2 is 1.91 bits per heavy atom. The van der Waals surface area contributed by atoms with E-state index in [0.29, 0.717) is 40.4 Å². The van der Waals surface area contributed by atoms with E-state index < -0.39 is 5.97 Å². The Labute approximate surface area is 185 Å². The van der Waals surface area contributed by atoms with Gasteiger partial charge in [-0.05, 0) is 29.1 Å². The molecule has 9 heteroatoms. The van der Waals surface area contributed by atoms with Crippen LogP contribution in [0.15, 0.2) is 41.2 Å². The zero-order valence-corrected chi connectivity index (χ0v) is 18.6. The number of benzene rings is 1. The summed E-state index contributed by atoms with van der Waals surface area (Å²) in [6.45, 7) is 9.06. The molecule has 9 nitrogen and oxygen atoms in total. The van der Waals surface area contributed by atoms with Crippen molar-refractivity contribution in [2.45, 2.75) is 40.7 Å². The van der Waals surface area contributed by atoms with Crippen molar-refractivity contribution in [2.75, 3.05) is 12.3 Å². The first-order chi connectivity index (χ1) is 15.3. The van der Waals surface area contributed by atoms with Crippen molar-refractivity contribution >= 4 is 22.8 Å². The third kappa shape index (κ3) is 4.05. The summed E-state index contributed by atoms with van der Waals surface area (Å²) in [4.78, 5) is 22.3. The second kappa shape index (κ2) is 8.41. The molecule has 0 atom stereocenters. The first kappa shape index (κ1) is 21.5. The molecule has 0 aliphatic heterocycles. The summed E-state index contributed by atoms with van der Waals surface area (Å²) in [6.07, 6.45) is 2.37. The van der Waals surface area contributed by atoms with E-state index in [-0.39, 0.29) is 17.8 Å². The minimum absolute atomic E-state index is 0.0425. The number of hydrogen-bond acceptors (Lipinski definition) is 8. The van der Waals surface area contributed by atoms with E-state index in [1.54, 1.807) is 13.1 Å². The number of anilines is 1. The SMILES string of the molecule is CCOC(=O)c1cnc(-c2ccccc2)c2nc(-c3nonc3N)n(CCC(C)(C)C)c12. The van der Waals surface area contributed by atoms with Crippen LogP contribution in [0.25, 0.3) is 33.8 Å². The number of nitrogens with two attached hydrogens (primary N) is 1. The maximum atomic E-state index is 12.8. The summed E-state index contributed by atoms with van der Waals surface area (Å²) in [5.74, 6) is 0.141. The Morgan fingerprint density at radius 1 is 1.16 bits per heavy atom. The third-order valence-corrected chi connectivity index (χ3v) is 5.12. The number of aryl methyl sites for hydroxylation is 1. The van der Waals surface area contributed by atoms with Crippen LogP contribution in [0, 0.1) is 5.41 Å². The van der Waals surface area contributed by atoms with Gasteiger partial charge in [0.15, 0.2) is 17.3 Å². The van der Waals surface area contributed by atoms with Gasteiger partial charge in [0.05, 0.1) is 17.8 Å². The van der Waals surface area contributed by atoms with Gasteiger partial charge in [-0.15, -0.1) is 0 Å². The molecule has 3 heterocycles. The number of rotatable bonds is 6. The third-order valence-electron chi connectivity index (χ3n) is 5.12. The number of carbonyl (C=O) groups is 1. The maximum absolute atomic E-state index is 12.8. The monoisotopic (exact) mass is 434 g/mol. The van der Waals surface area contributed by atoms with Crippen LogP contribution in [0.1, 0.15) is 44.5 Å². The number of hydrogen-bond donors (Lipinski definition) is 1. The summed E-state index contributed by atoms with van der Waals surface area (Å²) < 4.78 is 12.1. The lowest BCUT2D eigenvalue weighted by Gasteiger charge is -2.19. The molecule has 0 fully saturated rings. The molecular formula is C23H26N6O3. The highest BCUT2D eigenvalue weighted by atomic mass is 16.6. The van der Waals surface area contributed by atoms with Crippen molar-refractivity contribution < 1.29 is 14.2 Å². The van der Waals surface area contributed by atoms with Gasteiger partial charge in [0.1, 0.15) is 11.1 Å². The summed E-state index contributed by atoms with van der Waals surface area (Å²) >= 11 is 0. The lowest BCUT2D eigenvalue weighted by molar-refractivity contribution is 0.0527. The van der Waals surface area contributed by atoms with E-state index in [2.05, 4.69) is 36.1 Å². The van der Waals surface area contributed by atoms with Crippen LogP contribution < -0.4 is 5.73 Å². The van der Waals surface area contributed by atoms with Gasteiger partial charge in [0.25, 0.3) is 0 Å². The van der Waals surface area contributed by atoms with Crippen molar-refractivity contribution in [3.8, 4) is 22.8 Å². The highest BCUT2D eigenvalue weighted by Crippen LogP contribution is 2.35. The largest absolute Gasteiger partial charge is 0.462 e. The number of ether oxygens (including phenoxy) is 1. The molecule has 0 saturated heterocycles. The molecule has 1 aromatic carbocycles. The summed E-state index contributed by atoms with van der Waals surface area (Å²) in [5, 5.41) is 7.68. The molecule has 0 spiro atoms. The molecule has 32 heavy (non-hydrogen) atoms. The van der Waals surface area contributed by atoms with Crippen LogP contribution in [0.4, 0.5) is 5.82 Å². The zero-order chi connectivity index (χ0) is 22.9. The Hall–Kier alpha value is -3.75. The fourth-order valence-electron chi connectivity index (χ4n) is 3.50. The van der Waals surface area contributed by atoms with Crippen LogP contribution in [0.2, 0.25) is 0 Å². The van der Waals surface area contributed by atoms with Gasteiger partial charge in [-0.3, -0.25) is 4.98 Å². The number of carbonyl (C=O) groups excluding carboxylic acids is 1. The number of pyridine rings is 1. The van der Waals surface area contributed by atoms with Crippen LogP contribution >= 0.6 is 0 Å². The van der Waals surface area contributed by atoms with Gasteiger partial charge < -0.3 is 15.0 Å². The van der Waals surface area contributed by atoms with Gasteiger partial charge in [-0.2, -0.15) is 0 Å². The molecule has 0 radical (unpaired) electrons. The fraction of sp³-hybridized carbons (Fsp3) is 0.348. The fourth-order valence-corrected chi connectivity index (χ4v) is 3.50. The average Bonchev–Trinajstić information content (AvgIpc) is 3.35. The smallest absolute Gasteiger partial charge is 0.341 e. The van der Waals surface area contributed by atoms with E-state index in [1.165, 1.54) is 0 Å². The molecule has 3 aromatic heterocycles. The first-order valence-corrected chi connectivity index (χ1v) is 10.5. The van der Waals surface area contributed by atoms with Gasteiger partial charge in [-0.25, -0.2) is 14.4 Å². The molecule has 0 saturated carbocycles. The first-order valence-electron chi connectivity index (χ1n) is 10.5. The molecule has 0 aliphatic rings. The second-order valence-electron chi connectivity index (χ2n) is 8.70. The van der Waals surface area contributed by atoms with Gasteiger partial charge >= 0.3 is 5.97 Å². The van der Waals surface area contributed by atoms with Gasteiger partial charge in [0, 0.05) is 18.3 Å². The molecular weight excluding hydrogens is 408 g/mol. The Morgan fingerprint density at radius 3 is 2.53 bits per heavy atom. The lowest BCUT2D eigenvalue weighted by Crippen LogP contribution is -2.14. The van der Waals surface area contributed by atoms with E-state index >= 15 is 0 Å². The number of esters is 1. The summed E-state index contributed by atoms with van der Waals surface area (Å²) in [6, 6.07) is 9.69. The van der Waals surface area contributed by atoms with E-state index in [9.17, 15) is 4.79 Å². The number of nitrogen functional groups attached to an aromatic ring is 1. The van der Waals surface area contributed by atoms with E-state index in [0.717, 1.165) is 12.0 Å². The minimum atomic E-state index is -0.459. The van der Waals surface area contributed by atoms with Crippen LogP contribution in [0.5, 0.6) is 0 Å². The molecule has 0 bridgehead atoms. The van der Waals surface area contributed by atoms with Gasteiger partial charge in [-0.1, -0.05) is 51.1 Å². The van der Waals surface area contributed by atoms with Crippen molar-refractivity contribution in [1.29, 1.82) is 0 Å². The number of fused-ring (bicyclic) bond motifs is 1. The lowest BCUT2D eigenvalue weighted by atomic mass is 9.92. The molecule has 4 rings (SSSR count). The zero-order valence-electron chi connectivity index (χ0n) is 18.6. The molecule has 0 unspecified atom stereocenters. The molecule has 0 amide bonds. The maximum Gasteiger partial charge on any atom is 0.341 e. The van der Waals surface area contributed by atoms with Crippen molar-refractivity contribution in [2.24, 2.45) is 5.41 Å². The summed E-state index contributed by atoms with van der Waals surface area (Å²) in [7, 11) is 0.